The van der Waals surface area contributed by atoms with Gasteiger partial charge in [-0.25, -0.2) is 12.7 Å². The van der Waals surface area contributed by atoms with Crippen molar-refractivity contribution in [3.8, 4) is 0 Å². The van der Waals surface area contributed by atoms with Crippen LogP contribution >= 0.6 is 23.2 Å². The summed E-state index contributed by atoms with van der Waals surface area (Å²) in [5.41, 5.74) is 1.15. The molecule has 25 heavy (non-hydrogen) atoms. The molecule has 1 amide bonds. The molecule has 0 spiro atoms. The second-order valence-electron chi connectivity index (χ2n) is 5.56. The molecule has 0 bridgehead atoms. The summed E-state index contributed by atoms with van der Waals surface area (Å²) in [4.78, 5) is 12.4. The molecule has 0 aliphatic carbocycles. The summed E-state index contributed by atoms with van der Waals surface area (Å²) in [7, 11) is -0.782. The van der Waals surface area contributed by atoms with Crippen molar-refractivity contribution in [3.05, 3.63) is 63.6 Å². The van der Waals surface area contributed by atoms with E-state index in [1.165, 1.54) is 32.3 Å². The highest BCUT2D eigenvalue weighted by Gasteiger charge is 2.20. The maximum Gasteiger partial charge on any atom is 0.252 e. The van der Waals surface area contributed by atoms with Gasteiger partial charge in [0.25, 0.3) is 5.91 Å². The first kappa shape index (κ1) is 19.7. The van der Waals surface area contributed by atoms with Crippen LogP contribution in [0.3, 0.4) is 0 Å². The summed E-state index contributed by atoms with van der Waals surface area (Å²) in [5, 5.41) is 3.59. The van der Waals surface area contributed by atoms with Crippen molar-refractivity contribution < 1.29 is 13.2 Å². The normalized spacial score (nSPS) is 11.6. The molecule has 0 unspecified atom stereocenters. The SMILES string of the molecule is CN(C)S(=O)(=O)c1ccc(Cl)c(C(=O)NCCc2ccc(Cl)cc2)c1. The molecule has 0 atom stereocenters. The molecule has 2 aromatic carbocycles. The third-order valence-electron chi connectivity index (χ3n) is 3.57. The average molecular weight is 401 g/mol. The van der Waals surface area contributed by atoms with Crippen molar-refractivity contribution in [1.29, 1.82) is 0 Å². The van der Waals surface area contributed by atoms with Crippen LogP contribution in [-0.4, -0.2) is 39.3 Å². The van der Waals surface area contributed by atoms with Crippen molar-refractivity contribution in [3.63, 3.8) is 0 Å². The first-order valence-corrected chi connectivity index (χ1v) is 9.66. The number of nitrogens with one attached hydrogen (secondary N) is 1. The summed E-state index contributed by atoms with van der Waals surface area (Å²) in [5.74, 6) is -0.422. The van der Waals surface area contributed by atoms with Crippen molar-refractivity contribution in [2.45, 2.75) is 11.3 Å². The molecule has 0 saturated heterocycles. The molecule has 8 heteroatoms. The van der Waals surface area contributed by atoms with Crippen LogP contribution < -0.4 is 5.32 Å². The van der Waals surface area contributed by atoms with Crippen LogP contribution in [0.5, 0.6) is 0 Å². The molecule has 134 valence electrons. The number of halogens is 2. The minimum atomic E-state index is -3.64. The minimum Gasteiger partial charge on any atom is -0.352 e. The van der Waals surface area contributed by atoms with Gasteiger partial charge < -0.3 is 5.32 Å². The van der Waals surface area contributed by atoms with E-state index in [1.807, 2.05) is 12.1 Å². The Bertz CT molecular complexity index is 866. The Kier molecular flexibility index (Phi) is 6.46. The highest BCUT2D eigenvalue weighted by atomic mass is 35.5. The zero-order valence-electron chi connectivity index (χ0n) is 13.8. The number of hydrogen-bond donors (Lipinski definition) is 1. The maximum atomic E-state index is 12.3. The smallest absolute Gasteiger partial charge is 0.252 e. The van der Waals surface area contributed by atoms with Gasteiger partial charge in [0.1, 0.15) is 0 Å². The van der Waals surface area contributed by atoms with Gasteiger partial charge >= 0.3 is 0 Å². The second kappa shape index (κ2) is 8.19. The predicted octanol–water partition coefficient (Wildman–Crippen LogP) is 3.22. The van der Waals surface area contributed by atoms with Crippen molar-refractivity contribution in [2.24, 2.45) is 0 Å². The molecule has 5 nitrogen and oxygen atoms in total. The Morgan fingerprint density at radius 1 is 1.08 bits per heavy atom. The number of carbonyl (C=O) groups excluding carboxylic acids is 1. The Morgan fingerprint density at radius 3 is 2.32 bits per heavy atom. The van der Waals surface area contributed by atoms with E-state index in [0.717, 1.165) is 9.87 Å². The van der Waals surface area contributed by atoms with Gasteiger partial charge in [0.2, 0.25) is 10.0 Å². The first-order chi connectivity index (χ1) is 11.7. The lowest BCUT2D eigenvalue weighted by Gasteiger charge is -2.13. The highest BCUT2D eigenvalue weighted by Crippen LogP contribution is 2.22. The average Bonchev–Trinajstić information content (AvgIpc) is 2.56. The maximum absolute atomic E-state index is 12.3. The van der Waals surface area contributed by atoms with E-state index in [9.17, 15) is 13.2 Å². The van der Waals surface area contributed by atoms with E-state index >= 15 is 0 Å². The van der Waals surface area contributed by atoms with Crippen molar-refractivity contribution in [2.75, 3.05) is 20.6 Å². The number of carbonyl (C=O) groups is 1. The molecule has 0 aromatic heterocycles. The molecule has 0 heterocycles. The minimum absolute atomic E-state index is 0.0183. The van der Waals surface area contributed by atoms with Crippen LogP contribution in [0.15, 0.2) is 47.4 Å². The molecule has 2 aromatic rings. The van der Waals surface area contributed by atoms with E-state index < -0.39 is 15.9 Å². The zero-order chi connectivity index (χ0) is 18.6. The largest absolute Gasteiger partial charge is 0.352 e. The van der Waals surface area contributed by atoms with E-state index in [0.29, 0.717) is 18.0 Å². The number of amides is 1. The van der Waals surface area contributed by atoms with Gasteiger partial charge in [-0.3, -0.25) is 4.79 Å². The Balaban J connectivity index is 2.09. The summed E-state index contributed by atoms with van der Waals surface area (Å²) < 4.78 is 25.5. The van der Waals surface area contributed by atoms with Crippen LogP contribution in [-0.2, 0) is 16.4 Å². The third-order valence-corrected chi connectivity index (χ3v) is 5.97. The van der Waals surface area contributed by atoms with Crippen LogP contribution in [0.2, 0.25) is 10.0 Å². The molecular weight excluding hydrogens is 383 g/mol. The van der Waals surface area contributed by atoms with Crippen LogP contribution in [0.1, 0.15) is 15.9 Å². The summed E-state index contributed by atoms with van der Waals surface area (Å²) in [6.07, 6.45) is 0.621. The standard InChI is InChI=1S/C17H18Cl2N2O3S/c1-21(2)25(23,24)14-7-8-16(19)15(11-14)17(22)20-10-9-12-3-5-13(18)6-4-12/h3-8,11H,9-10H2,1-2H3,(H,20,22). The van der Waals surface area contributed by atoms with Crippen LogP contribution in [0.4, 0.5) is 0 Å². The Morgan fingerprint density at radius 2 is 1.72 bits per heavy atom. The number of sulfonamides is 1. The molecule has 0 aliphatic rings. The van der Waals surface area contributed by atoms with Gasteiger partial charge in [-0.05, 0) is 42.3 Å². The number of hydrogen-bond acceptors (Lipinski definition) is 3. The monoisotopic (exact) mass is 400 g/mol. The summed E-state index contributed by atoms with van der Waals surface area (Å²) >= 11 is 11.9. The van der Waals surface area contributed by atoms with Crippen LogP contribution in [0.25, 0.3) is 0 Å². The summed E-state index contributed by atoms with van der Waals surface area (Å²) in [6.45, 7) is 0.390. The van der Waals surface area contributed by atoms with Gasteiger partial charge in [-0.1, -0.05) is 35.3 Å². The van der Waals surface area contributed by atoms with Gasteiger partial charge in [0.15, 0.2) is 0 Å². The van der Waals surface area contributed by atoms with Gasteiger partial charge in [-0.2, -0.15) is 0 Å². The van der Waals surface area contributed by atoms with Crippen LogP contribution in [0, 0.1) is 0 Å². The molecule has 0 radical (unpaired) electrons. The van der Waals surface area contributed by atoms with E-state index in [4.69, 9.17) is 23.2 Å². The van der Waals surface area contributed by atoms with E-state index in [-0.39, 0.29) is 15.5 Å². The predicted molar refractivity (Wildman–Crippen MR) is 99.8 cm³/mol. The Hall–Kier alpha value is -1.60. The fourth-order valence-corrected chi connectivity index (χ4v) is 3.37. The van der Waals surface area contributed by atoms with E-state index in [2.05, 4.69) is 5.32 Å². The summed E-state index contributed by atoms with van der Waals surface area (Å²) in [6, 6.07) is 11.4. The van der Waals surface area contributed by atoms with Gasteiger partial charge in [0, 0.05) is 25.7 Å². The number of rotatable bonds is 6. The number of benzene rings is 2. The molecule has 0 fully saturated rings. The fraction of sp³-hybridized carbons (Fsp3) is 0.235. The lowest BCUT2D eigenvalue weighted by Crippen LogP contribution is -2.27. The van der Waals surface area contributed by atoms with Crippen molar-refractivity contribution in [1.82, 2.24) is 9.62 Å². The van der Waals surface area contributed by atoms with E-state index in [1.54, 1.807) is 12.1 Å². The van der Waals surface area contributed by atoms with Gasteiger partial charge in [-0.15, -0.1) is 0 Å². The third kappa shape index (κ3) is 4.95. The molecule has 1 N–H and O–H groups in total. The highest BCUT2D eigenvalue weighted by molar-refractivity contribution is 7.89. The molecule has 0 saturated carbocycles. The van der Waals surface area contributed by atoms with Gasteiger partial charge in [0.05, 0.1) is 15.5 Å². The topological polar surface area (TPSA) is 66.5 Å². The van der Waals surface area contributed by atoms with Crippen molar-refractivity contribution >= 4 is 39.1 Å². The Labute approximate surface area is 157 Å². The molecule has 0 aliphatic heterocycles. The molecular formula is C17H18Cl2N2O3S. The zero-order valence-corrected chi connectivity index (χ0v) is 16.1. The number of nitrogens with zero attached hydrogens (tertiary/aromatic N) is 1. The lowest BCUT2D eigenvalue weighted by atomic mass is 10.1. The second-order valence-corrected chi connectivity index (χ2v) is 8.56. The quantitative estimate of drug-likeness (QED) is 0.809. The molecule has 2 rings (SSSR count). The first-order valence-electron chi connectivity index (χ1n) is 7.46. The lowest BCUT2D eigenvalue weighted by molar-refractivity contribution is 0.0954. The fourth-order valence-electron chi connectivity index (χ4n) is 2.12.